The molecule has 1 aromatic carbocycles. The molecule has 0 fully saturated rings. The number of hydrogen-bond donors (Lipinski definition) is 1. The van der Waals surface area contributed by atoms with Crippen molar-refractivity contribution in [2.75, 3.05) is 7.11 Å². The largest absolute Gasteiger partial charge is 0.550 e. The average molecular weight is 331 g/mol. The number of nitrogens with zero attached hydrogens (tertiary/aromatic N) is 1. The third-order valence-electron chi connectivity index (χ3n) is 3.10. The Hall–Kier alpha value is -2.67. The van der Waals surface area contributed by atoms with Gasteiger partial charge in [0.05, 0.1) is 17.7 Å². The number of benzene rings is 1. The van der Waals surface area contributed by atoms with Crippen molar-refractivity contribution in [2.45, 2.75) is 13.3 Å². The number of carbonyl (C=O) groups is 2. The Bertz CT molecular complexity index is 739. The number of hydrazone groups is 1. The van der Waals surface area contributed by atoms with Crippen LogP contribution in [0.25, 0.3) is 0 Å². The van der Waals surface area contributed by atoms with Crippen LogP contribution in [0.1, 0.15) is 27.7 Å². The molecule has 2 aromatic rings. The Morgan fingerprint density at radius 2 is 2.13 bits per heavy atom. The predicted octanol–water partition coefficient (Wildman–Crippen LogP) is 1.20. The maximum atomic E-state index is 11.8. The van der Waals surface area contributed by atoms with Crippen molar-refractivity contribution in [1.82, 2.24) is 5.43 Å². The van der Waals surface area contributed by atoms with Crippen LogP contribution in [0, 0.1) is 0 Å². The summed E-state index contributed by atoms with van der Waals surface area (Å²) in [5, 5.41) is 16.7. The molecule has 7 heteroatoms. The van der Waals surface area contributed by atoms with Crippen LogP contribution in [0.2, 0.25) is 0 Å². The Balaban J connectivity index is 2.18. The lowest BCUT2D eigenvalue weighted by molar-refractivity contribution is -0.304. The number of rotatable bonds is 6. The molecule has 1 aromatic heterocycles. The van der Waals surface area contributed by atoms with E-state index in [2.05, 4.69) is 10.5 Å². The second-order valence-electron chi connectivity index (χ2n) is 4.69. The summed E-state index contributed by atoms with van der Waals surface area (Å²) in [5.41, 5.74) is 4.20. The van der Waals surface area contributed by atoms with Crippen LogP contribution in [0.4, 0.5) is 0 Å². The van der Waals surface area contributed by atoms with Gasteiger partial charge in [0.15, 0.2) is 0 Å². The second kappa shape index (κ2) is 7.55. The van der Waals surface area contributed by atoms with Gasteiger partial charge in [-0.1, -0.05) is 6.07 Å². The number of ether oxygens (including phenoxy) is 1. The highest BCUT2D eigenvalue weighted by Crippen LogP contribution is 2.20. The van der Waals surface area contributed by atoms with E-state index in [0.29, 0.717) is 27.5 Å². The minimum absolute atomic E-state index is 0.258. The van der Waals surface area contributed by atoms with Gasteiger partial charge in [-0.05, 0) is 42.1 Å². The van der Waals surface area contributed by atoms with Crippen LogP contribution < -0.4 is 15.3 Å². The molecular weight excluding hydrogens is 316 g/mol. The monoisotopic (exact) mass is 331 g/mol. The molecule has 0 atom stereocenters. The molecule has 0 bridgehead atoms. The second-order valence-corrected chi connectivity index (χ2v) is 5.64. The molecule has 23 heavy (non-hydrogen) atoms. The topological polar surface area (TPSA) is 90.8 Å². The van der Waals surface area contributed by atoms with Gasteiger partial charge in [0.1, 0.15) is 5.75 Å². The molecule has 120 valence electrons. The van der Waals surface area contributed by atoms with Gasteiger partial charge in [0.2, 0.25) is 0 Å². The molecule has 0 aliphatic carbocycles. The lowest BCUT2D eigenvalue weighted by atomic mass is 10.0. The van der Waals surface area contributed by atoms with E-state index in [1.54, 1.807) is 42.6 Å². The van der Waals surface area contributed by atoms with E-state index in [9.17, 15) is 14.7 Å². The van der Waals surface area contributed by atoms with E-state index in [1.165, 1.54) is 18.4 Å². The Morgan fingerprint density at radius 1 is 1.35 bits per heavy atom. The molecule has 0 saturated carbocycles. The van der Waals surface area contributed by atoms with Gasteiger partial charge in [-0.15, -0.1) is 11.3 Å². The normalized spacial score (nSPS) is 11.1. The summed E-state index contributed by atoms with van der Waals surface area (Å²) in [5.74, 6) is -1.02. The number of methoxy groups -OCH3 is 1. The molecule has 1 N–H and O–H groups in total. The van der Waals surface area contributed by atoms with Crippen LogP contribution in [0.5, 0.6) is 5.75 Å². The van der Waals surface area contributed by atoms with Crippen LogP contribution >= 0.6 is 11.3 Å². The molecule has 1 heterocycles. The van der Waals surface area contributed by atoms with Gasteiger partial charge in [0.25, 0.3) is 5.91 Å². The first-order valence-electron chi connectivity index (χ1n) is 6.76. The van der Waals surface area contributed by atoms with E-state index in [4.69, 9.17) is 4.74 Å². The maximum absolute atomic E-state index is 11.8. The smallest absolute Gasteiger partial charge is 0.281 e. The van der Waals surface area contributed by atoms with Crippen molar-refractivity contribution in [3.05, 3.63) is 51.7 Å². The number of carboxylic acid groups (broad SMARTS) is 1. The lowest BCUT2D eigenvalue weighted by Gasteiger charge is -2.11. The molecule has 0 spiro atoms. The number of thiophene rings is 1. The van der Waals surface area contributed by atoms with Crippen molar-refractivity contribution in [2.24, 2.45) is 5.10 Å². The standard InChI is InChI=1S/C16H16N2O4S/c1-10(17-18-16(21)14-4-3-7-23-14)11-5-6-13(22-2)12(8-11)9-15(19)20/h3-8H,9H2,1-2H3,(H,18,21)(H,19,20)/p-1/b17-10-. The molecule has 0 aliphatic heterocycles. The van der Waals surface area contributed by atoms with Gasteiger partial charge >= 0.3 is 0 Å². The molecule has 0 unspecified atom stereocenters. The summed E-state index contributed by atoms with van der Waals surface area (Å²) in [6, 6.07) is 8.55. The van der Waals surface area contributed by atoms with E-state index >= 15 is 0 Å². The number of amides is 1. The average Bonchev–Trinajstić information content (AvgIpc) is 3.06. The van der Waals surface area contributed by atoms with Crippen molar-refractivity contribution in [1.29, 1.82) is 0 Å². The quantitative estimate of drug-likeness (QED) is 0.636. The first kappa shape index (κ1) is 16.7. The van der Waals surface area contributed by atoms with Crippen LogP contribution in [0.15, 0.2) is 40.8 Å². The minimum Gasteiger partial charge on any atom is -0.550 e. The fraction of sp³-hybridized carbons (Fsp3) is 0.188. The molecule has 0 aliphatic rings. The molecule has 0 radical (unpaired) electrons. The highest BCUT2D eigenvalue weighted by molar-refractivity contribution is 7.12. The fourth-order valence-corrected chi connectivity index (χ4v) is 2.57. The maximum Gasteiger partial charge on any atom is 0.281 e. The summed E-state index contributed by atoms with van der Waals surface area (Å²) >= 11 is 1.32. The minimum atomic E-state index is -1.19. The molecule has 1 amide bonds. The van der Waals surface area contributed by atoms with E-state index in [1.807, 2.05) is 0 Å². The number of carboxylic acids is 1. The number of nitrogens with one attached hydrogen (secondary N) is 1. The lowest BCUT2D eigenvalue weighted by Crippen LogP contribution is -2.24. The van der Waals surface area contributed by atoms with Crippen LogP contribution in [-0.4, -0.2) is 24.7 Å². The van der Waals surface area contributed by atoms with Gasteiger partial charge in [0, 0.05) is 18.0 Å². The Kier molecular flexibility index (Phi) is 5.48. The summed E-state index contributed by atoms with van der Waals surface area (Å²) in [4.78, 5) is 23.2. The Morgan fingerprint density at radius 3 is 2.74 bits per heavy atom. The zero-order valence-corrected chi connectivity index (χ0v) is 13.5. The summed E-state index contributed by atoms with van der Waals surface area (Å²) in [7, 11) is 1.47. The fourth-order valence-electron chi connectivity index (χ4n) is 1.96. The van der Waals surface area contributed by atoms with E-state index in [0.717, 1.165) is 0 Å². The summed E-state index contributed by atoms with van der Waals surface area (Å²) in [6.45, 7) is 1.72. The van der Waals surface area contributed by atoms with Crippen molar-refractivity contribution >= 4 is 28.9 Å². The highest BCUT2D eigenvalue weighted by atomic mass is 32.1. The number of carbonyl (C=O) groups excluding carboxylic acids is 2. The molecule has 0 saturated heterocycles. The molecule has 2 rings (SSSR count). The van der Waals surface area contributed by atoms with Gasteiger partial charge in [-0.3, -0.25) is 4.79 Å². The third-order valence-corrected chi connectivity index (χ3v) is 3.97. The zero-order chi connectivity index (χ0) is 16.8. The van der Waals surface area contributed by atoms with Crippen molar-refractivity contribution in [3.63, 3.8) is 0 Å². The van der Waals surface area contributed by atoms with E-state index in [-0.39, 0.29) is 12.3 Å². The SMILES string of the molecule is COc1ccc(/C(C)=N\NC(=O)c2cccs2)cc1CC(=O)[O-]. The number of aliphatic carboxylic acids is 1. The molecular formula is C16H15N2O4S-. The van der Waals surface area contributed by atoms with Crippen molar-refractivity contribution < 1.29 is 19.4 Å². The highest BCUT2D eigenvalue weighted by Gasteiger charge is 2.08. The first-order valence-corrected chi connectivity index (χ1v) is 7.64. The zero-order valence-electron chi connectivity index (χ0n) is 12.7. The van der Waals surface area contributed by atoms with Gasteiger partial charge < -0.3 is 14.6 Å². The first-order chi connectivity index (χ1) is 11.0. The van der Waals surface area contributed by atoms with E-state index < -0.39 is 5.97 Å². The van der Waals surface area contributed by atoms with Gasteiger partial charge in [-0.2, -0.15) is 5.10 Å². The predicted molar refractivity (Wildman–Crippen MR) is 85.7 cm³/mol. The van der Waals surface area contributed by atoms with Crippen molar-refractivity contribution in [3.8, 4) is 5.75 Å². The Labute approximate surface area is 137 Å². The van der Waals surface area contributed by atoms with Gasteiger partial charge in [-0.25, -0.2) is 5.43 Å². The van der Waals surface area contributed by atoms with Crippen LogP contribution in [-0.2, 0) is 11.2 Å². The summed E-state index contributed by atoms with van der Waals surface area (Å²) < 4.78 is 5.13. The summed E-state index contributed by atoms with van der Waals surface area (Å²) in [6.07, 6.45) is -0.258. The number of hydrogen-bond acceptors (Lipinski definition) is 6. The third kappa shape index (κ3) is 4.40. The van der Waals surface area contributed by atoms with Crippen LogP contribution in [0.3, 0.4) is 0 Å². The molecule has 6 nitrogen and oxygen atoms in total.